The Balaban J connectivity index is 2.14. The second-order valence-electron chi connectivity index (χ2n) is 4.76. The molecule has 0 aromatic heterocycles. The minimum atomic E-state index is -1.11. The maximum atomic E-state index is 14.4. The Morgan fingerprint density at radius 2 is 2.00 bits per heavy atom. The summed E-state index contributed by atoms with van der Waals surface area (Å²) in [7, 11) is 0. The van der Waals surface area contributed by atoms with Crippen molar-refractivity contribution in [1.29, 1.82) is 0 Å². The highest BCUT2D eigenvalue weighted by Gasteiger charge is 2.46. The number of hydrogen-bond donors (Lipinski definition) is 1. The molecule has 0 spiro atoms. The molecule has 1 aromatic carbocycles. The van der Waals surface area contributed by atoms with Crippen LogP contribution in [0.25, 0.3) is 0 Å². The molecule has 1 aromatic rings. The van der Waals surface area contributed by atoms with Crippen LogP contribution in [0.3, 0.4) is 0 Å². The molecule has 3 rings (SSSR count). The van der Waals surface area contributed by atoms with Crippen molar-refractivity contribution < 1.29 is 23.8 Å². The molecule has 5 heteroatoms. The molecule has 96 valence electrons. The van der Waals surface area contributed by atoms with Gasteiger partial charge in [0.25, 0.3) is 0 Å². The molecular weight excluding hydrogens is 239 g/mol. The molecule has 0 atom stereocenters. The highest BCUT2D eigenvalue weighted by Crippen LogP contribution is 2.46. The van der Waals surface area contributed by atoms with Crippen LogP contribution in [-0.4, -0.2) is 17.9 Å². The van der Waals surface area contributed by atoms with Crippen molar-refractivity contribution in [2.45, 2.75) is 31.1 Å². The van der Waals surface area contributed by atoms with Gasteiger partial charge in [-0.1, -0.05) is 18.9 Å². The van der Waals surface area contributed by atoms with Gasteiger partial charge >= 0.3 is 5.97 Å². The van der Waals surface area contributed by atoms with Gasteiger partial charge in [-0.25, -0.2) is 4.39 Å². The lowest BCUT2D eigenvalue weighted by Crippen LogP contribution is -2.33. The number of ether oxygens (including phenoxy) is 2. The Kier molecular flexibility index (Phi) is 2.43. The number of hydrogen-bond acceptors (Lipinski definition) is 3. The van der Waals surface area contributed by atoms with Gasteiger partial charge in [0.15, 0.2) is 11.6 Å². The number of rotatable bonds is 2. The smallest absolute Gasteiger partial charge is 0.314 e. The molecule has 0 unspecified atom stereocenters. The lowest BCUT2D eigenvalue weighted by Gasteiger charge is -2.25. The molecule has 1 aliphatic carbocycles. The summed E-state index contributed by atoms with van der Waals surface area (Å²) in [6.07, 6.45) is 2.55. The third-order valence-electron chi connectivity index (χ3n) is 3.86. The van der Waals surface area contributed by atoms with Crippen molar-refractivity contribution in [2.75, 3.05) is 6.79 Å². The monoisotopic (exact) mass is 252 g/mol. The average molecular weight is 252 g/mol. The first kappa shape index (κ1) is 11.3. The van der Waals surface area contributed by atoms with E-state index in [9.17, 15) is 14.3 Å². The fourth-order valence-electron chi connectivity index (χ4n) is 2.88. The molecular formula is C13H13FO4. The fraction of sp³-hybridized carbons (Fsp3) is 0.462. The maximum absolute atomic E-state index is 14.4. The predicted octanol–water partition coefficient (Wildman–Crippen LogP) is 2.45. The van der Waals surface area contributed by atoms with Gasteiger partial charge in [0.2, 0.25) is 12.5 Å². The second-order valence-corrected chi connectivity index (χ2v) is 4.76. The van der Waals surface area contributed by atoms with Crippen LogP contribution in [0.15, 0.2) is 12.1 Å². The zero-order chi connectivity index (χ0) is 12.8. The standard InChI is InChI=1S/C13H13FO4/c14-10-8(3-4-9-11(10)18-7-17-9)13(12(15)16)5-1-2-6-13/h3-4H,1-2,5-7H2,(H,15,16). The quantitative estimate of drug-likeness (QED) is 0.878. The van der Waals surface area contributed by atoms with E-state index in [0.29, 0.717) is 18.6 Å². The first-order valence-corrected chi connectivity index (χ1v) is 5.97. The Hall–Kier alpha value is -1.78. The molecule has 0 amide bonds. The first-order chi connectivity index (χ1) is 8.65. The van der Waals surface area contributed by atoms with Crippen LogP contribution < -0.4 is 9.47 Å². The number of fused-ring (bicyclic) bond motifs is 1. The van der Waals surface area contributed by atoms with Crippen molar-refractivity contribution in [3.8, 4) is 11.5 Å². The molecule has 1 N–H and O–H groups in total. The van der Waals surface area contributed by atoms with Gasteiger partial charge in [0.1, 0.15) is 0 Å². The highest BCUT2D eigenvalue weighted by atomic mass is 19.1. The number of carboxylic acids is 1. The van der Waals surface area contributed by atoms with E-state index in [4.69, 9.17) is 9.47 Å². The normalized spacial score (nSPS) is 20.1. The largest absolute Gasteiger partial charge is 0.481 e. The summed E-state index contributed by atoms with van der Waals surface area (Å²) < 4.78 is 24.5. The molecule has 18 heavy (non-hydrogen) atoms. The van der Waals surface area contributed by atoms with E-state index in [1.165, 1.54) is 6.07 Å². The zero-order valence-corrected chi connectivity index (χ0v) is 9.74. The van der Waals surface area contributed by atoms with E-state index in [0.717, 1.165) is 12.8 Å². The van der Waals surface area contributed by atoms with Crippen LogP contribution in [0.5, 0.6) is 11.5 Å². The average Bonchev–Trinajstić information content (AvgIpc) is 2.98. The number of carbonyl (C=O) groups is 1. The van der Waals surface area contributed by atoms with E-state index < -0.39 is 17.2 Å². The van der Waals surface area contributed by atoms with Gasteiger partial charge in [-0.3, -0.25) is 4.79 Å². The third-order valence-corrected chi connectivity index (χ3v) is 3.86. The highest BCUT2D eigenvalue weighted by molar-refractivity contribution is 5.82. The Morgan fingerprint density at radius 1 is 1.28 bits per heavy atom. The maximum Gasteiger partial charge on any atom is 0.314 e. The molecule has 0 saturated heterocycles. The van der Waals surface area contributed by atoms with E-state index in [-0.39, 0.29) is 18.1 Å². The Bertz CT molecular complexity index is 506. The molecule has 1 heterocycles. The van der Waals surface area contributed by atoms with Crippen molar-refractivity contribution in [3.63, 3.8) is 0 Å². The van der Waals surface area contributed by atoms with E-state index in [1.54, 1.807) is 6.07 Å². The van der Waals surface area contributed by atoms with E-state index in [2.05, 4.69) is 0 Å². The second kappa shape index (κ2) is 3.86. The number of benzene rings is 1. The number of carboxylic acid groups (broad SMARTS) is 1. The van der Waals surface area contributed by atoms with Crippen LogP contribution in [-0.2, 0) is 10.2 Å². The first-order valence-electron chi connectivity index (χ1n) is 5.97. The van der Waals surface area contributed by atoms with Gasteiger partial charge in [-0.05, 0) is 18.9 Å². The summed E-state index contributed by atoms with van der Waals surface area (Å²) in [5, 5.41) is 9.45. The van der Waals surface area contributed by atoms with Crippen molar-refractivity contribution in [3.05, 3.63) is 23.5 Å². The fourth-order valence-corrected chi connectivity index (χ4v) is 2.88. The SMILES string of the molecule is O=C(O)C1(c2ccc3c(c2F)OCO3)CCCC1. The van der Waals surface area contributed by atoms with Crippen molar-refractivity contribution in [1.82, 2.24) is 0 Å². The minimum absolute atomic E-state index is 0.0181. The van der Waals surface area contributed by atoms with Gasteiger partial charge in [0.05, 0.1) is 5.41 Å². The molecule has 1 aliphatic heterocycles. The lowest BCUT2D eigenvalue weighted by molar-refractivity contribution is -0.143. The molecule has 1 fully saturated rings. The summed E-state index contributed by atoms with van der Waals surface area (Å²) in [6.45, 7) is -0.0181. The zero-order valence-electron chi connectivity index (χ0n) is 9.74. The van der Waals surface area contributed by atoms with Gasteiger partial charge in [0, 0.05) is 5.56 Å². The summed E-state index contributed by atoms with van der Waals surface area (Å²) >= 11 is 0. The summed E-state index contributed by atoms with van der Waals surface area (Å²) in [5.74, 6) is -1.16. The van der Waals surface area contributed by atoms with Crippen LogP contribution >= 0.6 is 0 Å². The molecule has 2 aliphatic rings. The Morgan fingerprint density at radius 3 is 2.67 bits per heavy atom. The Labute approximate surface area is 103 Å². The van der Waals surface area contributed by atoms with Crippen LogP contribution in [0.1, 0.15) is 31.2 Å². The van der Waals surface area contributed by atoms with Crippen molar-refractivity contribution >= 4 is 5.97 Å². The van der Waals surface area contributed by atoms with Gasteiger partial charge in [-0.15, -0.1) is 0 Å². The summed E-state index contributed by atoms with van der Waals surface area (Å²) in [5.41, 5.74) is -0.887. The van der Waals surface area contributed by atoms with Crippen LogP contribution in [0, 0.1) is 5.82 Å². The molecule has 1 saturated carbocycles. The van der Waals surface area contributed by atoms with Crippen molar-refractivity contribution in [2.24, 2.45) is 0 Å². The molecule has 4 nitrogen and oxygen atoms in total. The number of halogens is 1. The molecule has 0 radical (unpaired) electrons. The van der Waals surface area contributed by atoms with Gasteiger partial charge in [-0.2, -0.15) is 0 Å². The van der Waals surface area contributed by atoms with E-state index >= 15 is 0 Å². The topological polar surface area (TPSA) is 55.8 Å². The van der Waals surface area contributed by atoms with Gasteiger partial charge < -0.3 is 14.6 Å². The number of aliphatic carboxylic acids is 1. The minimum Gasteiger partial charge on any atom is -0.481 e. The van der Waals surface area contributed by atoms with Crippen LogP contribution in [0.2, 0.25) is 0 Å². The lowest BCUT2D eigenvalue weighted by atomic mass is 9.78. The van der Waals surface area contributed by atoms with Crippen LogP contribution in [0.4, 0.5) is 4.39 Å². The summed E-state index contributed by atoms with van der Waals surface area (Å²) in [6, 6.07) is 3.10. The molecule has 0 bridgehead atoms. The van der Waals surface area contributed by atoms with E-state index in [1.807, 2.05) is 0 Å². The summed E-state index contributed by atoms with van der Waals surface area (Å²) in [4.78, 5) is 11.5. The predicted molar refractivity (Wildman–Crippen MR) is 60.3 cm³/mol. The third kappa shape index (κ3) is 1.39.